The van der Waals surface area contributed by atoms with Gasteiger partial charge in [0.05, 0.1) is 24.7 Å². The van der Waals surface area contributed by atoms with Gasteiger partial charge < -0.3 is 14.7 Å². The number of carboxylic acid groups (broad SMARTS) is 1. The number of aliphatic carboxylic acids is 1. The lowest BCUT2D eigenvalue weighted by atomic mass is 9.78. The van der Waals surface area contributed by atoms with Gasteiger partial charge in [0, 0.05) is 18.8 Å². The van der Waals surface area contributed by atoms with Crippen molar-refractivity contribution >= 4 is 17.7 Å². The van der Waals surface area contributed by atoms with Crippen LogP contribution in [0.15, 0.2) is 24.3 Å². The number of benzene rings is 1. The third-order valence-corrected chi connectivity index (χ3v) is 5.60. The number of nitrogens with zero attached hydrogens (tertiary/aromatic N) is 2. The third kappa shape index (κ3) is 3.11. The standard InChI is InChI=1S/C19H24N2O4/c22-17(23)11-15-12-20(13-19(25-15)8-4-9-19)18(24)21-10-3-6-14-5-1-2-7-16(14)21/h1-2,5,7,15H,3-4,6,8-13H2,(H,22,23). The van der Waals surface area contributed by atoms with Crippen molar-refractivity contribution in [2.24, 2.45) is 0 Å². The van der Waals surface area contributed by atoms with Gasteiger partial charge in [-0.1, -0.05) is 18.2 Å². The second-order valence-corrected chi connectivity index (χ2v) is 7.42. The molecule has 0 radical (unpaired) electrons. The third-order valence-electron chi connectivity index (χ3n) is 5.60. The minimum absolute atomic E-state index is 0.0166. The van der Waals surface area contributed by atoms with Gasteiger partial charge in [-0.05, 0) is 43.7 Å². The van der Waals surface area contributed by atoms with E-state index in [9.17, 15) is 9.59 Å². The predicted molar refractivity (Wildman–Crippen MR) is 92.8 cm³/mol. The Bertz CT molecular complexity index is 686. The van der Waals surface area contributed by atoms with Crippen LogP contribution in [-0.4, -0.2) is 53.3 Å². The Morgan fingerprint density at radius 2 is 2.04 bits per heavy atom. The van der Waals surface area contributed by atoms with E-state index in [1.54, 1.807) is 0 Å². The molecule has 3 aliphatic rings. The van der Waals surface area contributed by atoms with Crippen LogP contribution in [0.5, 0.6) is 0 Å². The van der Waals surface area contributed by atoms with E-state index in [2.05, 4.69) is 6.07 Å². The van der Waals surface area contributed by atoms with Crippen molar-refractivity contribution in [2.45, 2.75) is 50.2 Å². The van der Waals surface area contributed by atoms with E-state index < -0.39 is 12.1 Å². The van der Waals surface area contributed by atoms with Crippen molar-refractivity contribution in [3.8, 4) is 0 Å². The predicted octanol–water partition coefficient (Wildman–Crippen LogP) is 2.66. The molecule has 0 bridgehead atoms. The number of morpholine rings is 1. The second kappa shape index (κ2) is 6.33. The first kappa shape index (κ1) is 16.4. The normalized spacial score (nSPS) is 24.6. The summed E-state index contributed by atoms with van der Waals surface area (Å²) in [5.41, 5.74) is 1.86. The zero-order valence-corrected chi connectivity index (χ0v) is 14.3. The molecular weight excluding hydrogens is 320 g/mol. The van der Waals surface area contributed by atoms with Crippen LogP contribution < -0.4 is 4.90 Å². The van der Waals surface area contributed by atoms with Crippen LogP contribution in [0, 0.1) is 0 Å². The zero-order chi connectivity index (χ0) is 17.4. The average molecular weight is 344 g/mol. The summed E-state index contributed by atoms with van der Waals surface area (Å²) >= 11 is 0. The fourth-order valence-electron chi connectivity index (χ4n) is 4.28. The molecule has 1 unspecified atom stereocenters. The van der Waals surface area contributed by atoms with Crippen molar-refractivity contribution in [3.05, 3.63) is 29.8 Å². The smallest absolute Gasteiger partial charge is 0.324 e. The molecule has 1 aromatic rings. The first-order valence-corrected chi connectivity index (χ1v) is 9.10. The molecule has 2 fully saturated rings. The van der Waals surface area contributed by atoms with Crippen molar-refractivity contribution in [3.63, 3.8) is 0 Å². The van der Waals surface area contributed by atoms with Gasteiger partial charge in [-0.15, -0.1) is 0 Å². The molecule has 6 nitrogen and oxygen atoms in total. The maximum atomic E-state index is 13.2. The molecule has 0 aromatic heterocycles. The molecule has 1 saturated carbocycles. The summed E-state index contributed by atoms with van der Waals surface area (Å²) in [5, 5.41) is 9.14. The van der Waals surface area contributed by atoms with Crippen LogP contribution in [0.2, 0.25) is 0 Å². The van der Waals surface area contributed by atoms with Gasteiger partial charge >= 0.3 is 12.0 Å². The average Bonchev–Trinajstić information content (AvgIpc) is 2.58. The van der Waals surface area contributed by atoms with E-state index in [0.717, 1.165) is 37.8 Å². The van der Waals surface area contributed by atoms with E-state index in [1.807, 2.05) is 28.0 Å². The number of carbonyl (C=O) groups is 2. The minimum atomic E-state index is -0.878. The summed E-state index contributed by atoms with van der Waals surface area (Å²) in [5.74, 6) is -0.878. The fraction of sp³-hybridized carbons (Fsp3) is 0.579. The molecule has 134 valence electrons. The lowest BCUT2D eigenvalue weighted by Gasteiger charge is -2.51. The summed E-state index contributed by atoms with van der Waals surface area (Å²) in [6.07, 6.45) is 4.37. The first-order valence-electron chi connectivity index (χ1n) is 9.10. The molecule has 4 rings (SSSR count). The molecule has 1 N–H and O–H groups in total. The summed E-state index contributed by atoms with van der Waals surface area (Å²) in [6.45, 7) is 1.63. The summed E-state index contributed by atoms with van der Waals surface area (Å²) < 4.78 is 6.06. The molecule has 1 aromatic carbocycles. The molecule has 1 saturated heterocycles. The Kier molecular flexibility index (Phi) is 4.15. The Labute approximate surface area is 147 Å². The van der Waals surface area contributed by atoms with E-state index in [-0.39, 0.29) is 18.1 Å². The fourth-order valence-corrected chi connectivity index (χ4v) is 4.28. The highest BCUT2D eigenvalue weighted by molar-refractivity contribution is 5.93. The van der Waals surface area contributed by atoms with Gasteiger partial charge in [-0.25, -0.2) is 4.79 Å². The van der Waals surface area contributed by atoms with Crippen LogP contribution in [0.3, 0.4) is 0 Å². The number of aryl methyl sites for hydroxylation is 1. The summed E-state index contributed by atoms with van der Waals surface area (Å²) in [7, 11) is 0. The van der Waals surface area contributed by atoms with E-state index in [4.69, 9.17) is 9.84 Å². The van der Waals surface area contributed by atoms with Gasteiger partial charge in [0.15, 0.2) is 0 Å². The Hall–Kier alpha value is -2.08. The molecule has 2 amide bonds. The van der Waals surface area contributed by atoms with Crippen molar-refractivity contribution < 1.29 is 19.4 Å². The molecule has 6 heteroatoms. The monoisotopic (exact) mass is 344 g/mol. The maximum Gasteiger partial charge on any atom is 0.324 e. The number of hydrogen-bond acceptors (Lipinski definition) is 3. The van der Waals surface area contributed by atoms with Gasteiger partial charge in [0.25, 0.3) is 0 Å². The number of para-hydroxylation sites is 1. The summed E-state index contributed by atoms with van der Waals surface area (Å²) in [4.78, 5) is 28.0. The van der Waals surface area contributed by atoms with Crippen molar-refractivity contribution in [1.82, 2.24) is 4.90 Å². The van der Waals surface area contributed by atoms with E-state index in [0.29, 0.717) is 19.6 Å². The highest BCUT2D eigenvalue weighted by Crippen LogP contribution is 2.41. The van der Waals surface area contributed by atoms with Crippen LogP contribution in [0.4, 0.5) is 10.5 Å². The Morgan fingerprint density at radius 1 is 1.24 bits per heavy atom. The largest absolute Gasteiger partial charge is 0.481 e. The maximum absolute atomic E-state index is 13.2. The summed E-state index contributed by atoms with van der Waals surface area (Å²) in [6, 6.07) is 8.03. The number of rotatable bonds is 2. The van der Waals surface area contributed by atoms with Crippen LogP contribution >= 0.6 is 0 Å². The highest BCUT2D eigenvalue weighted by Gasteiger charge is 2.47. The van der Waals surface area contributed by atoms with Gasteiger partial charge in [0.1, 0.15) is 0 Å². The topological polar surface area (TPSA) is 70.1 Å². The zero-order valence-electron chi connectivity index (χ0n) is 14.3. The van der Waals surface area contributed by atoms with Crippen molar-refractivity contribution in [1.29, 1.82) is 0 Å². The van der Waals surface area contributed by atoms with Crippen LogP contribution in [-0.2, 0) is 16.0 Å². The number of hydrogen-bond donors (Lipinski definition) is 1. The number of urea groups is 1. The van der Waals surface area contributed by atoms with Crippen LogP contribution in [0.25, 0.3) is 0 Å². The molecular formula is C19H24N2O4. The van der Waals surface area contributed by atoms with Crippen LogP contribution in [0.1, 0.15) is 37.7 Å². The molecule has 1 atom stereocenters. The minimum Gasteiger partial charge on any atom is -0.481 e. The molecule has 1 aliphatic carbocycles. The Balaban J connectivity index is 1.56. The number of carbonyl (C=O) groups excluding carboxylic acids is 1. The number of amides is 2. The number of anilines is 1. The highest BCUT2D eigenvalue weighted by atomic mass is 16.5. The molecule has 2 aliphatic heterocycles. The molecule has 25 heavy (non-hydrogen) atoms. The molecule has 1 spiro atoms. The number of fused-ring (bicyclic) bond motifs is 1. The van der Waals surface area contributed by atoms with Gasteiger partial charge in [-0.3, -0.25) is 9.69 Å². The van der Waals surface area contributed by atoms with E-state index >= 15 is 0 Å². The SMILES string of the molecule is O=C(O)CC1CN(C(=O)N2CCCc3ccccc32)CC2(CCC2)O1. The second-order valence-electron chi connectivity index (χ2n) is 7.42. The first-order chi connectivity index (χ1) is 12.1. The number of carboxylic acids is 1. The lowest BCUT2D eigenvalue weighted by molar-refractivity contribution is -0.187. The lowest BCUT2D eigenvalue weighted by Crippen LogP contribution is -2.62. The van der Waals surface area contributed by atoms with E-state index in [1.165, 1.54) is 5.56 Å². The number of ether oxygens (including phenoxy) is 1. The quantitative estimate of drug-likeness (QED) is 0.895. The molecule has 2 heterocycles. The van der Waals surface area contributed by atoms with Gasteiger partial charge in [-0.2, -0.15) is 0 Å². The van der Waals surface area contributed by atoms with Crippen molar-refractivity contribution in [2.75, 3.05) is 24.5 Å². The van der Waals surface area contributed by atoms with Gasteiger partial charge in [0.2, 0.25) is 0 Å². The Morgan fingerprint density at radius 3 is 2.76 bits per heavy atom.